The highest BCUT2D eigenvalue weighted by Gasteiger charge is 2.45. The van der Waals surface area contributed by atoms with Gasteiger partial charge in [-0.25, -0.2) is 4.39 Å². The van der Waals surface area contributed by atoms with E-state index in [1.807, 2.05) is 6.08 Å². The van der Waals surface area contributed by atoms with Crippen molar-refractivity contribution in [3.63, 3.8) is 0 Å². The third kappa shape index (κ3) is 1.88. The van der Waals surface area contributed by atoms with Crippen LogP contribution in [0.15, 0.2) is 29.8 Å². The predicted octanol–water partition coefficient (Wildman–Crippen LogP) is 3.59. The molecule has 0 radical (unpaired) electrons. The summed E-state index contributed by atoms with van der Waals surface area (Å²) in [6, 6.07) is 4.74. The number of halogens is 1. The molecule has 0 aromatic heterocycles. The first kappa shape index (κ1) is 12.4. The van der Waals surface area contributed by atoms with Gasteiger partial charge in [0.25, 0.3) is 0 Å². The maximum absolute atomic E-state index is 13.7. The standard InChI is InChI=1S/C16H17FO2/c1-10-13(3-2-4-14(10)17)16(15(18)19)8-7-12(9-16)11-5-6-11/h2-4,9,11H,5-8H2,1H3,(H,18,19). The number of carboxylic acid groups (broad SMARTS) is 1. The lowest BCUT2D eigenvalue weighted by molar-refractivity contribution is -0.141. The number of allylic oxidation sites excluding steroid dienone is 1. The molecule has 1 aromatic carbocycles. The maximum atomic E-state index is 13.7. The van der Waals surface area contributed by atoms with Crippen molar-refractivity contribution in [2.45, 2.75) is 38.0 Å². The molecular weight excluding hydrogens is 243 g/mol. The Morgan fingerprint density at radius 1 is 1.42 bits per heavy atom. The van der Waals surface area contributed by atoms with Crippen LogP contribution in [0.1, 0.15) is 36.8 Å². The fourth-order valence-electron chi connectivity index (χ4n) is 3.17. The molecule has 2 nitrogen and oxygen atoms in total. The van der Waals surface area contributed by atoms with Crippen molar-refractivity contribution in [3.05, 3.63) is 46.8 Å². The highest BCUT2D eigenvalue weighted by molar-refractivity contribution is 5.85. The number of aliphatic carboxylic acids is 1. The molecule has 0 saturated heterocycles. The Morgan fingerprint density at radius 3 is 2.79 bits per heavy atom. The molecule has 0 heterocycles. The van der Waals surface area contributed by atoms with Crippen molar-refractivity contribution in [2.75, 3.05) is 0 Å². The number of hydrogen-bond acceptors (Lipinski definition) is 1. The zero-order chi connectivity index (χ0) is 13.6. The molecular formula is C16H17FO2. The second-order valence-corrected chi connectivity index (χ2v) is 5.68. The molecule has 100 valence electrons. The Balaban J connectivity index is 2.11. The molecule has 3 heteroatoms. The van der Waals surface area contributed by atoms with Gasteiger partial charge in [0, 0.05) is 0 Å². The Hall–Kier alpha value is -1.64. The van der Waals surface area contributed by atoms with Crippen molar-refractivity contribution in [2.24, 2.45) is 5.92 Å². The van der Waals surface area contributed by atoms with Gasteiger partial charge in [0.2, 0.25) is 0 Å². The Morgan fingerprint density at radius 2 is 2.16 bits per heavy atom. The summed E-state index contributed by atoms with van der Waals surface area (Å²) >= 11 is 0. The summed E-state index contributed by atoms with van der Waals surface area (Å²) in [6.45, 7) is 1.66. The lowest BCUT2D eigenvalue weighted by Gasteiger charge is -2.24. The molecule has 1 N–H and O–H groups in total. The third-order valence-corrected chi connectivity index (χ3v) is 4.47. The molecule has 0 spiro atoms. The van der Waals surface area contributed by atoms with Crippen molar-refractivity contribution in [1.82, 2.24) is 0 Å². The lowest BCUT2D eigenvalue weighted by atomic mass is 9.78. The first-order valence-electron chi connectivity index (χ1n) is 6.75. The van der Waals surface area contributed by atoms with Gasteiger partial charge in [0.1, 0.15) is 11.2 Å². The van der Waals surface area contributed by atoms with Crippen LogP contribution >= 0.6 is 0 Å². The van der Waals surface area contributed by atoms with Crippen LogP contribution in [0.3, 0.4) is 0 Å². The average molecular weight is 260 g/mol. The summed E-state index contributed by atoms with van der Waals surface area (Å²) in [7, 11) is 0. The van der Waals surface area contributed by atoms with Crippen LogP contribution in [0.2, 0.25) is 0 Å². The molecule has 1 unspecified atom stereocenters. The first-order chi connectivity index (χ1) is 9.04. The molecule has 2 aliphatic rings. The molecule has 0 amide bonds. The normalized spacial score (nSPS) is 26.3. The summed E-state index contributed by atoms with van der Waals surface area (Å²) in [4.78, 5) is 11.8. The van der Waals surface area contributed by atoms with Crippen molar-refractivity contribution >= 4 is 5.97 Å². The van der Waals surface area contributed by atoms with Crippen LogP contribution in [-0.4, -0.2) is 11.1 Å². The predicted molar refractivity (Wildman–Crippen MR) is 70.5 cm³/mol. The molecule has 19 heavy (non-hydrogen) atoms. The van der Waals surface area contributed by atoms with Crippen LogP contribution in [0.25, 0.3) is 0 Å². The van der Waals surface area contributed by atoms with E-state index in [2.05, 4.69) is 0 Å². The van der Waals surface area contributed by atoms with E-state index in [-0.39, 0.29) is 5.82 Å². The number of benzene rings is 1. The largest absolute Gasteiger partial charge is 0.480 e. The number of carbonyl (C=O) groups is 1. The van der Waals surface area contributed by atoms with E-state index in [0.717, 1.165) is 6.42 Å². The van der Waals surface area contributed by atoms with Crippen LogP contribution < -0.4 is 0 Å². The van der Waals surface area contributed by atoms with Gasteiger partial charge in [-0.05, 0) is 55.7 Å². The highest BCUT2D eigenvalue weighted by Crippen LogP contribution is 2.49. The van der Waals surface area contributed by atoms with E-state index in [4.69, 9.17) is 0 Å². The molecule has 3 rings (SSSR count). The fourth-order valence-corrected chi connectivity index (χ4v) is 3.17. The van der Waals surface area contributed by atoms with Crippen LogP contribution in [0.5, 0.6) is 0 Å². The van der Waals surface area contributed by atoms with Crippen LogP contribution in [-0.2, 0) is 10.2 Å². The summed E-state index contributed by atoms with van der Waals surface area (Å²) < 4.78 is 13.7. The van der Waals surface area contributed by atoms with Crippen LogP contribution in [0.4, 0.5) is 4.39 Å². The van der Waals surface area contributed by atoms with Crippen molar-refractivity contribution in [1.29, 1.82) is 0 Å². The molecule has 0 bridgehead atoms. The second kappa shape index (κ2) is 4.19. The van der Waals surface area contributed by atoms with Gasteiger partial charge in [-0.2, -0.15) is 0 Å². The van der Waals surface area contributed by atoms with Gasteiger partial charge in [0.05, 0.1) is 0 Å². The Kier molecular flexibility index (Phi) is 2.73. The number of hydrogen-bond donors (Lipinski definition) is 1. The van der Waals surface area contributed by atoms with E-state index in [1.165, 1.54) is 24.5 Å². The van der Waals surface area contributed by atoms with Gasteiger partial charge in [-0.1, -0.05) is 23.8 Å². The smallest absolute Gasteiger partial charge is 0.318 e. The summed E-state index contributed by atoms with van der Waals surface area (Å²) in [6.07, 6.45) is 5.62. The van der Waals surface area contributed by atoms with Gasteiger partial charge in [-0.3, -0.25) is 4.79 Å². The Bertz CT molecular complexity index is 572. The highest BCUT2D eigenvalue weighted by atomic mass is 19.1. The third-order valence-electron chi connectivity index (χ3n) is 4.47. The fraction of sp³-hybridized carbons (Fsp3) is 0.438. The maximum Gasteiger partial charge on any atom is 0.318 e. The van der Waals surface area contributed by atoms with Crippen molar-refractivity contribution in [3.8, 4) is 0 Å². The van der Waals surface area contributed by atoms with Gasteiger partial charge >= 0.3 is 5.97 Å². The minimum Gasteiger partial charge on any atom is -0.480 e. The summed E-state index contributed by atoms with van der Waals surface area (Å²) in [5.41, 5.74) is 1.30. The van der Waals surface area contributed by atoms with Crippen molar-refractivity contribution < 1.29 is 14.3 Å². The molecule has 1 atom stereocenters. The average Bonchev–Trinajstić information content (AvgIpc) is 3.12. The minimum absolute atomic E-state index is 0.327. The van der Waals surface area contributed by atoms with Gasteiger partial charge in [0.15, 0.2) is 0 Å². The van der Waals surface area contributed by atoms with Crippen LogP contribution in [0, 0.1) is 18.7 Å². The molecule has 1 fully saturated rings. The zero-order valence-corrected chi connectivity index (χ0v) is 10.9. The van der Waals surface area contributed by atoms with Gasteiger partial charge < -0.3 is 5.11 Å². The van der Waals surface area contributed by atoms with E-state index >= 15 is 0 Å². The second-order valence-electron chi connectivity index (χ2n) is 5.68. The lowest BCUT2D eigenvalue weighted by Crippen LogP contribution is -2.32. The Labute approximate surface area is 112 Å². The molecule has 1 saturated carbocycles. The van der Waals surface area contributed by atoms with E-state index < -0.39 is 11.4 Å². The van der Waals surface area contributed by atoms with E-state index in [0.29, 0.717) is 23.5 Å². The quantitative estimate of drug-likeness (QED) is 0.843. The zero-order valence-electron chi connectivity index (χ0n) is 10.9. The SMILES string of the molecule is Cc1c(F)cccc1C1(C(=O)O)C=C(C2CC2)CC1. The number of carboxylic acids is 1. The molecule has 0 aliphatic heterocycles. The van der Waals surface area contributed by atoms with Gasteiger partial charge in [-0.15, -0.1) is 0 Å². The number of rotatable bonds is 3. The first-order valence-corrected chi connectivity index (χ1v) is 6.75. The minimum atomic E-state index is -1.02. The topological polar surface area (TPSA) is 37.3 Å². The molecule has 1 aromatic rings. The van der Waals surface area contributed by atoms with E-state index in [1.54, 1.807) is 19.1 Å². The van der Waals surface area contributed by atoms with E-state index in [9.17, 15) is 14.3 Å². The summed E-state index contributed by atoms with van der Waals surface area (Å²) in [5.74, 6) is -0.613. The monoisotopic (exact) mass is 260 g/mol. The molecule has 2 aliphatic carbocycles. The summed E-state index contributed by atoms with van der Waals surface area (Å²) in [5, 5.41) is 9.69.